The minimum Gasteiger partial charge on any atom is -0.337 e. The molecule has 0 radical (unpaired) electrons. The van der Waals surface area contributed by atoms with Gasteiger partial charge in [0.25, 0.3) is 5.91 Å². The molecule has 122 valence electrons. The zero-order valence-electron chi connectivity index (χ0n) is 12.3. The van der Waals surface area contributed by atoms with Gasteiger partial charge in [0, 0.05) is 30.2 Å². The first-order chi connectivity index (χ1) is 11.0. The van der Waals surface area contributed by atoms with E-state index in [1.165, 1.54) is 6.07 Å². The van der Waals surface area contributed by atoms with Gasteiger partial charge in [0.15, 0.2) is 5.69 Å². The fraction of sp³-hybridized carbons (Fsp3) is 0.375. The van der Waals surface area contributed by atoms with E-state index >= 15 is 0 Å². The minimum atomic E-state index is -2.74. The van der Waals surface area contributed by atoms with Crippen molar-refractivity contribution in [3.63, 3.8) is 0 Å². The second-order valence-electron chi connectivity index (χ2n) is 5.60. The molecule has 1 fully saturated rings. The highest BCUT2D eigenvalue weighted by atomic mass is 35.5. The van der Waals surface area contributed by atoms with Gasteiger partial charge in [-0.2, -0.15) is 13.9 Å². The zero-order chi connectivity index (χ0) is 16.4. The molecule has 0 N–H and O–H groups in total. The van der Waals surface area contributed by atoms with Crippen molar-refractivity contribution in [1.82, 2.24) is 14.7 Å². The normalized spacial score (nSPS) is 18.4. The second kappa shape index (κ2) is 6.66. The molecule has 0 saturated carbocycles. The number of piperidine rings is 1. The maximum absolute atomic E-state index is 12.6. The third-order valence-corrected chi connectivity index (χ3v) is 4.33. The van der Waals surface area contributed by atoms with Gasteiger partial charge in [0.1, 0.15) is 0 Å². The number of carbonyl (C=O) groups excluding carboxylic acids is 1. The number of benzene rings is 1. The molecule has 1 aromatic heterocycles. The Morgan fingerprint density at radius 2 is 2.00 bits per heavy atom. The lowest BCUT2D eigenvalue weighted by Crippen LogP contribution is -2.39. The largest absolute Gasteiger partial charge is 0.337 e. The van der Waals surface area contributed by atoms with Gasteiger partial charge in [0.2, 0.25) is 0 Å². The van der Waals surface area contributed by atoms with Gasteiger partial charge in [0.05, 0.1) is 0 Å². The summed E-state index contributed by atoms with van der Waals surface area (Å²) in [4.78, 5) is 14.1. The summed E-state index contributed by atoms with van der Waals surface area (Å²) in [7, 11) is 0. The summed E-state index contributed by atoms with van der Waals surface area (Å²) >= 11 is 5.90. The van der Waals surface area contributed by atoms with Crippen molar-refractivity contribution in [3.05, 3.63) is 52.8 Å². The highest BCUT2D eigenvalue weighted by molar-refractivity contribution is 6.30. The van der Waals surface area contributed by atoms with Crippen LogP contribution in [0.25, 0.3) is 0 Å². The van der Waals surface area contributed by atoms with Crippen molar-refractivity contribution in [3.8, 4) is 0 Å². The van der Waals surface area contributed by atoms with E-state index in [-0.39, 0.29) is 17.5 Å². The molecule has 1 aromatic carbocycles. The van der Waals surface area contributed by atoms with Gasteiger partial charge < -0.3 is 4.90 Å². The Bertz CT molecular complexity index is 687. The predicted molar refractivity (Wildman–Crippen MR) is 82.8 cm³/mol. The van der Waals surface area contributed by atoms with E-state index in [4.69, 9.17) is 11.6 Å². The average molecular weight is 340 g/mol. The van der Waals surface area contributed by atoms with Crippen molar-refractivity contribution in [2.45, 2.75) is 25.3 Å². The molecule has 1 atom stereocenters. The van der Waals surface area contributed by atoms with Crippen LogP contribution in [0.4, 0.5) is 8.78 Å². The van der Waals surface area contributed by atoms with Crippen LogP contribution in [0.15, 0.2) is 36.5 Å². The van der Waals surface area contributed by atoms with E-state index in [9.17, 15) is 13.6 Å². The molecule has 2 heterocycles. The van der Waals surface area contributed by atoms with E-state index in [0.29, 0.717) is 22.8 Å². The maximum atomic E-state index is 12.6. The molecule has 1 amide bonds. The first kappa shape index (κ1) is 15.9. The Labute approximate surface area is 137 Å². The maximum Gasteiger partial charge on any atom is 0.333 e. The summed E-state index contributed by atoms with van der Waals surface area (Å²) in [6, 6.07) is 8.93. The second-order valence-corrected chi connectivity index (χ2v) is 6.04. The molecule has 1 aliphatic rings. The molecule has 4 nitrogen and oxygen atoms in total. The number of amides is 1. The van der Waals surface area contributed by atoms with Crippen molar-refractivity contribution in [1.29, 1.82) is 0 Å². The van der Waals surface area contributed by atoms with Crippen molar-refractivity contribution in [2.75, 3.05) is 13.1 Å². The smallest absolute Gasteiger partial charge is 0.333 e. The predicted octanol–water partition coefficient (Wildman–Crippen LogP) is 3.95. The summed E-state index contributed by atoms with van der Waals surface area (Å²) in [6.07, 6.45) is 2.98. The summed E-state index contributed by atoms with van der Waals surface area (Å²) in [5.41, 5.74) is 1.19. The van der Waals surface area contributed by atoms with Crippen LogP contribution >= 0.6 is 11.6 Å². The Morgan fingerprint density at radius 3 is 2.65 bits per heavy atom. The van der Waals surface area contributed by atoms with Crippen molar-refractivity contribution < 1.29 is 13.6 Å². The van der Waals surface area contributed by atoms with E-state index in [0.717, 1.165) is 24.6 Å². The number of rotatable bonds is 3. The lowest BCUT2D eigenvalue weighted by atomic mass is 9.90. The number of hydrogen-bond acceptors (Lipinski definition) is 2. The lowest BCUT2D eigenvalue weighted by molar-refractivity contribution is 0.0547. The van der Waals surface area contributed by atoms with Gasteiger partial charge in [-0.25, -0.2) is 4.68 Å². The van der Waals surface area contributed by atoms with E-state index in [1.54, 1.807) is 4.90 Å². The summed E-state index contributed by atoms with van der Waals surface area (Å²) < 4.78 is 25.6. The number of alkyl halides is 2. The standard InChI is InChI=1S/C16H16ClF2N3O/c17-13-5-3-11(4-6-13)12-2-1-8-21(10-12)15(23)14-7-9-22(20-14)16(18)19/h3-7,9,12,16H,1-2,8,10H2. The summed E-state index contributed by atoms with van der Waals surface area (Å²) in [6.45, 7) is -1.56. The van der Waals surface area contributed by atoms with E-state index < -0.39 is 6.55 Å². The lowest BCUT2D eigenvalue weighted by Gasteiger charge is -2.32. The van der Waals surface area contributed by atoms with Crippen molar-refractivity contribution in [2.24, 2.45) is 0 Å². The fourth-order valence-electron chi connectivity index (χ4n) is 2.89. The molecule has 1 saturated heterocycles. The van der Waals surface area contributed by atoms with Crippen LogP contribution in [0, 0.1) is 0 Å². The monoisotopic (exact) mass is 339 g/mol. The molecule has 1 aliphatic heterocycles. The third-order valence-electron chi connectivity index (χ3n) is 4.08. The Morgan fingerprint density at radius 1 is 1.26 bits per heavy atom. The topological polar surface area (TPSA) is 38.1 Å². The van der Waals surface area contributed by atoms with Crippen molar-refractivity contribution >= 4 is 17.5 Å². The number of likely N-dealkylation sites (tertiary alicyclic amines) is 1. The first-order valence-electron chi connectivity index (χ1n) is 7.42. The minimum absolute atomic E-state index is 0.0575. The SMILES string of the molecule is O=C(c1ccn(C(F)F)n1)N1CCCC(c2ccc(Cl)cc2)C1. The number of hydrogen-bond donors (Lipinski definition) is 0. The Hall–Kier alpha value is -1.95. The molecule has 23 heavy (non-hydrogen) atoms. The number of carbonyl (C=O) groups is 1. The first-order valence-corrected chi connectivity index (χ1v) is 7.80. The van der Waals surface area contributed by atoms with Gasteiger partial charge in [-0.15, -0.1) is 0 Å². The summed E-state index contributed by atoms with van der Waals surface area (Å²) in [5, 5.41) is 4.33. The summed E-state index contributed by atoms with van der Waals surface area (Å²) in [5.74, 6) is -0.0785. The molecule has 0 aliphatic carbocycles. The molecule has 7 heteroatoms. The molecule has 0 spiro atoms. The van der Waals surface area contributed by atoms with Crippen LogP contribution in [0.5, 0.6) is 0 Å². The molecule has 1 unspecified atom stereocenters. The zero-order valence-corrected chi connectivity index (χ0v) is 13.1. The molecule has 0 bridgehead atoms. The highest BCUT2D eigenvalue weighted by Crippen LogP contribution is 2.28. The van der Waals surface area contributed by atoms with E-state index in [2.05, 4.69) is 5.10 Å². The van der Waals surface area contributed by atoms with Gasteiger partial charge in [-0.3, -0.25) is 4.79 Å². The highest BCUT2D eigenvalue weighted by Gasteiger charge is 2.27. The molecular weight excluding hydrogens is 324 g/mol. The van der Waals surface area contributed by atoms with Gasteiger partial charge in [-0.1, -0.05) is 23.7 Å². The van der Waals surface area contributed by atoms with Crippen LogP contribution in [0.3, 0.4) is 0 Å². The van der Waals surface area contributed by atoms with Gasteiger partial charge in [-0.05, 0) is 36.6 Å². The number of halogens is 3. The fourth-order valence-corrected chi connectivity index (χ4v) is 3.02. The number of nitrogens with zero attached hydrogens (tertiary/aromatic N) is 3. The van der Waals surface area contributed by atoms with Gasteiger partial charge >= 0.3 is 6.55 Å². The Kier molecular flexibility index (Phi) is 4.61. The molecular formula is C16H16ClF2N3O. The quantitative estimate of drug-likeness (QED) is 0.849. The third kappa shape index (κ3) is 3.52. The van der Waals surface area contributed by atoms with Crippen LogP contribution in [0.1, 0.15) is 41.4 Å². The van der Waals surface area contributed by atoms with Crippen LogP contribution in [-0.2, 0) is 0 Å². The Balaban J connectivity index is 1.72. The van der Waals surface area contributed by atoms with Crippen LogP contribution < -0.4 is 0 Å². The van der Waals surface area contributed by atoms with Crippen LogP contribution in [-0.4, -0.2) is 33.7 Å². The molecule has 3 rings (SSSR count). The number of aromatic nitrogens is 2. The van der Waals surface area contributed by atoms with E-state index in [1.807, 2.05) is 24.3 Å². The molecule has 2 aromatic rings. The van der Waals surface area contributed by atoms with Crippen LogP contribution in [0.2, 0.25) is 5.02 Å². The average Bonchev–Trinajstić information content (AvgIpc) is 3.05.